The van der Waals surface area contributed by atoms with Crippen LogP contribution in [0, 0.1) is 5.92 Å². The number of carbonyl (C=O) groups is 1. The van der Waals surface area contributed by atoms with Crippen LogP contribution in [-0.2, 0) is 0 Å². The molecule has 3 rings (SSSR count). The average Bonchev–Trinajstić information content (AvgIpc) is 2.97. The van der Waals surface area contributed by atoms with Crippen LogP contribution in [0.2, 0.25) is 0 Å². The molecular formula is C16H22N4O. The van der Waals surface area contributed by atoms with E-state index in [1.165, 1.54) is 12.8 Å². The van der Waals surface area contributed by atoms with Crippen molar-refractivity contribution in [1.82, 2.24) is 14.5 Å². The van der Waals surface area contributed by atoms with Crippen LogP contribution in [-0.4, -0.2) is 40.1 Å². The van der Waals surface area contributed by atoms with Gasteiger partial charge in [0.2, 0.25) is 0 Å². The van der Waals surface area contributed by atoms with Crippen molar-refractivity contribution in [3.63, 3.8) is 0 Å². The second-order valence-electron chi connectivity index (χ2n) is 5.85. The van der Waals surface area contributed by atoms with Gasteiger partial charge in [0, 0.05) is 19.3 Å². The molecular weight excluding hydrogens is 264 g/mol. The molecule has 2 unspecified atom stereocenters. The van der Waals surface area contributed by atoms with Crippen molar-refractivity contribution < 1.29 is 4.79 Å². The van der Waals surface area contributed by atoms with Crippen LogP contribution < -0.4 is 5.73 Å². The van der Waals surface area contributed by atoms with Gasteiger partial charge in [0.1, 0.15) is 0 Å². The minimum atomic E-state index is 0.0431. The molecule has 112 valence electrons. The summed E-state index contributed by atoms with van der Waals surface area (Å²) in [6.45, 7) is 0.650. The molecule has 5 heteroatoms. The number of nitrogens with zero attached hydrogens (tertiary/aromatic N) is 3. The lowest BCUT2D eigenvalue weighted by atomic mass is 9.83. The van der Waals surface area contributed by atoms with E-state index in [9.17, 15) is 4.79 Å². The van der Waals surface area contributed by atoms with Crippen molar-refractivity contribution in [2.45, 2.75) is 31.7 Å². The summed E-state index contributed by atoms with van der Waals surface area (Å²) < 4.78 is 1.74. The smallest absolute Gasteiger partial charge is 0.257 e. The molecule has 0 spiro atoms. The Kier molecular flexibility index (Phi) is 3.92. The number of hydrogen-bond donors (Lipinski definition) is 1. The van der Waals surface area contributed by atoms with Crippen molar-refractivity contribution >= 4 is 11.4 Å². The molecule has 2 heterocycles. The minimum Gasteiger partial charge on any atom is -0.338 e. The highest BCUT2D eigenvalue weighted by Gasteiger charge is 2.31. The Balaban J connectivity index is 1.87. The molecule has 1 aliphatic rings. The lowest BCUT2D eigenvalue weighted by molar-refractivity contribution is 0.0622. The van der Waals surface area contributed by atoms with E-state index < -0.39 is 0 Å². The summed E-state index contributed by atoms with van der Waals surface area (Å²) in [5, 5.41) is 4.25. The minimum absolute atomic E-state index is 0.0431. The Hall–Kier alpha value is -1.88. The van der Waals surface area contributed by atoms with Crippen molar-refractivity contribution in [2.75, 3.05) is 13.6 Å². The third-order valence-corrected chi connectivity index (χ3v) is 4.65. The summed E-state index contributed by atoms with van der Waals surface area (Å²) in [6, 6.07) is 6.01. The highest BCUT2D eigenvalue weighted by Crippen LogP contribution is 2.28. The quantitative estimate of drug-likeness (QED) is 0.937. The van der Waals surface area contributed by atoms with Crippen molar-refractivity contribution in [1.29, 1.82) is 0 Å². The molecule has 21 heavy (non-hydrogen) atoms. The highest BCUT2D eigenvalue weighted by molar-refractivity contribution is 6.00. The normalized spacial score (nSPS) is 22.4. The van der Waals surface area contributed by atoms with Gasteiger partial charge in [0.15, 0.2) is 0 Å². The fraction of sp³-hybridized carbons (Fsp3) is 0.500. The van der Waals surface area contributed by atoms with Crippen LogP contribution >= 0.6 is 0 Å². The molecule has 0 radical (unpaired) electrons. The molecule has 2 aromatic rings. The molecule has 2 N–H and O–H groups in total. The van der Waals surface area contributed by atoms with Crippen LogP contribution in [0.25, 0.3) is 5.52 Å². The van der Waals surface area contributed by atoms with Gasteiger partial charge < -0.3 is 10.6 Å². The number of carbonyl (C=O) groups excluding carboxylic acids is 1. The molecule has 0 aliphatic heterocycles. The van der Waals surface area contributed by atoms with E-state index in [0.29, 0.717) is 18.0 Å². The van der Waals surface area contributed by atoms with Gasteiger partial charge in [-0.2, -0.15) is 5.10 Å². The maximum absolute atomic E-state index is 12.8. The molecule has 1 saturated carbocycles. The van der Waals surface area contributed by atoms with Crippen LogP contribution in [0.1, 0.15) is 36.0 Å². The van der Waals surface area contributed by atoms with Crippen molar-refractivity contribution in [3.05, 3.63) is 36.2 Å². The molecule has 0 bridgehead atoms. The van der Waals surface area contributed by atoms with Crippen molar-refractivity contribution in [2.24, 2.45) is 11.7 Å². The van der Waals surface area contributed by atoms with E-state index in [1.807, 2.05) is 36.3 Å². The number of fused-ring (bicyclic) bond motifs is 1. The van der Waals surface area contributed by atoms with Crippen molar-refractivity contribution in [3.8, 4) is 0 Å². The molecule has 1 amide bonds. The topological polar surface area (TPSA) is 63.6 Å². The lowest BCUT2D eigenvalue weighted by Crippen LogP contribution is -2.45. The number of aromatic nitrogens is 2. The third-order valence-electron chi connectivity index (χ3n) is 4.65. The molecule has 0 aromatic carbocycles. The zero-order chi connectivity index (χ0) is 14.8. The molecule has 5 nitrogen and oxygen atoms in total. The molecule has 0 saturated heterocycles. The average molecular weight is 286 g/mol. The van der Waals surface area contributed by atoms with E-state index in [2.05, 4.69) is 5.10 Å². The maximum atomic E-state index is 12.8. The first-order valence-electron chi connectivity index (χ1n) is 7.62. The summed E-state index contributed by atoms with van der Waals surface area (Å²) >= 11 is 0. The third kappa shape index (κ3) is 2.53. The Morgan fingerprint density at radius 1 is 1.43 bits per heavy atom. The Morgan fingerprint density at radius 2 is 2.24 bits per heavy atom. The molecule has 2 aromatic heterocycles. The number of rotatable bonds is 3. The summed E-state index contributed by atoms with van der Waals surface area (Å²) in [6.07, 6.45) is 8.07. The van der Waals surface area contributed by atoms with Crippen LogP contribution in [0.4, 0.5) is 0 Å². The Morgan fingerprint density at radius 3 is 3.05 bits per heavy atom. The Bertz CT molecular complexity index is 636. The molecule has 1 fully saturated rings. The SMILES string of the molecule is CN(C(=O)c1cnn2ccccc12)C1CCCCC1CN. The zero-order valence-corrected chi connectivity index (χ0v) is 12.4. The van der Waals surface area contributed by atoms with E-state index in [0.717, 1.165) is 18.4 Å². The van der Waals surface area contributed by atoms with E-state index >= 15 is 0 Å². The predicted molar refractivity (Wildman–Crippen MR) is 82.1 cm³/mol. The summed E-state index contributed by atoms with van der Waals surface area (Å²) in [7, 11) is 1.90. The fourth-order valence-electron chi connectivity index (χ4n) is 3.41. The first kappa shape index (κ1) is 14.1. The molecule has 2 atom stereocenters. The largest absolute Gasteiger partial charge is 0.338 e. The number of amides is 1. The number of hydrogen-bond acceptors (Lipinski definition) is 3. The van der Waals surface area contributed by atoms with Gasteiger partial charge in [-0.15, -0.1) is 0 Å². The van der Waals surface area contributed by atoms with Crippen LogP contribution in [0.5, 0.6) is 0 Å². The standard InChI is InChI=1S/C16H22N4O/c1-19(14-7-3-2-6-12(14)10-17)16(21)13-11-18-20-9-5-4-8-15(13)20/h4-5,8-9,11-12,14H,2-3,6-7,10,17H2,1H3. The highest BCUT2D eigenvalue weighted by atomic mass is 16.2. The summed E-state index contributed by atoms with van der Waals surface area (Å²) in [5.41, 5.74) is 7.41. The fourth-order valence-corrected chi connectivity index (χ4v) is 3.41. The van der Waals surface area contributed by atoms with Gasteiger partial charge >= 0.3 is 0 Å². The monoisotopic (exact) mass is 286 g/mol. The van der Waals surface area contributed by atoms with Gasteiger partial charge in [-0.1, -0.05) is 18.9 Å². The lowest BCUT2D eigenvalue weighted by Gasteiger charge is -2.37. The van der Waals surface area contributed by atoms with E-state index in [4.69, 9.17) is 5.73 Å². The zero-order valence-electron chi connectivity index (χ0n) is 12.4. The Labute approximate surface area is 124 Å². The first-order chi connectivity index (χ1) is 10.2. The van der Waals surface area contributed by atoms with Gasteiger partial charge in [-0.25, -0.2) is 4.52 Å². The maximum Gasteiger partial charge on any atom is 0.257 e. The van der Waals surface area contributed by atoms with Crippen LogP contribution in [0.15, 0.2) is 30.6 Å². The van der Waals surface area contributed by atoms with Gasteiger partial charge in [-0.3, -0.25) is 4.79 Å². The molecule has 1 aliphatic carbocycles. The first-order valence-corrected chi connectivity index (χ1v) is 7.62. The second kappa shape index (κ2) is 5.85. The summed E-state index contributed by atoms with van der Waals surface area (Å²) in [5.74, 6) is 0.455. The van der Waals surface area contributed by atoms with E-state index in [1.54, 1.807) is 10.7 Å². The van der Waals surface area contributed by atoms with Crippen LogP contribution in [0.3, 0.4) is 0 Å². The summed E-state index contributed by atoms with van der Waals surface area (Å²) in [4.78, 5) is 14.7. The number of pyridine rings is 1. The second-order valence-corrected chi connectivity index (χ2v) is 5.85. The predicted octanol–water partition coefficient (Wildman–Crippen LogP) is 1.92. The van der Waals surface area contributed by atoms with E-state index in [-0.39, 0.29) is 11.9 Å². The van der Waals surface area contributed by atoms with Gasteiger partial charge in [0.25, 0.3) is 5.91 Å². The van der Waals surface area contributed by atoms with Gasteiger partial charge in [0.05, 0.1) is 17.3 Å². The van der Waals surface area contributed by atoms with Gasteiger partial charge in [-0.05, 0) is 37.4 Å². The number of nitrogens with two attached hydrogens (primary N) is 1.